The minimum absolute atomic E-state index is 0.412. The van der Waals surface area contributed by atoms with E-state index in [1.54, 1.807) is 0 Å². The summed E-state index contributed by atoms with van der Waals surface area (Å²) in [6, 6.07) is 4.58. The van der Waals surface area contributed by atoms with E-state index in [1.165, 1.54) is 44.1 Å². The van der Waals surface area contributed by atoms with E-state index in [2.05, 4.69) is 22.5 Å². The van der Waals surface area contributed by atoms with Crippen LogP contribution in [0, 0.1) is 5.92 Å². The number of aromatic nitrogens is 1. The molecule has 3 heteroatoms. The van der Waals surface area contributed by atoms with Gasteiger partial charge in [-0.25, -0.2) is 0 Å². The molecule has 1 atom stereocenters. The second-order valence-corrected chi connectivity index (χ2v) is 5.08. The van der Waals surface area contributed by atoms with Gasteiger partial charge in [0.15, 0.2) is 0 Å². The number of nitrogens with two attached hydrogens (primary N) is 1. The van der Waals surface area contributed by atoms with Crippen LogP contribution in [0.3, 0.4) is 0 Å². The molecule has 94 valence electrons. The highest BCUT2D eigenvalue weighted by Crippen LogP contribution is 2.26. The molecule has 1 aliphatic rings. The van der Waals surface area contributed by atoms with Gasteiger partial charge in [0.05, 0.1) is 0 Å². The lowest BCUT2D eigenvalue weighted by Gasteiger charge is -2.25. The van der Waals surface area contributed by atoms with Gasteiger partial charge in [-0.2, -0.15) is 0 Å². The van der Waals surface area contributed by atoms with E-state index in [1.807, 2.05) is 12.4 Å². The molecule has 1 unspecified atom stereocenters. The number of rotatable bonds is 4. The molecule has 1 fully saturated rings. The van der Waals surface area contributed by atoms with Crippen LogP contribution in [0.1, 0.15) is 44.1 Å². The molecule has 0 saturated heterocycles. The largest absolute Gasteiger partial charge is 0.271 e. The molecule has 1 aliphatic carbocycles. The maximum Gasteiger partial charge on any atom is 0.0279 e. The third-order valence-corrected chi connectivity index (χ3v) is 3.89. The molecule has 0 amide bonds. The van der Waals surface area contributed by atoms with E-state index in [4.69, 9.17) is 5.84 Å². The first-order valence-electron chi connectivity index (χ1n) is 6.75. The first-order valence-corrected chi connectivity index (χ1v) is 6.75. The third-order valence-electron chi connectivity index (χ3n) is 3.89. The Kier molecular flexibility index (Phi) is 4.95. The van der Waals surface area contributed by atoms with Crippen LogP contribution >= 0.6 is 0 Å². The Bertz CT molecular complexity index is 305. The Balaban J connectivity index is 1.95. The molecule has 17 heavy (non-hydrogen) atoms. The van der Waals surface area contributed by atoms with Crippen molar-refractivity contribution in [1.29, 1.82) is 0 Å². The summed E-state index contributed by atoms with van der Waals surface area (Å²) in [6.07, 6.45) is 12.9. The van der Waals surface area contributed by atoms with Gasteiger partial charge in [0, 0.05) is 18.4 Å². The van der Waals surface area contributed by atoms with Crippen LogP contribution in [-0.2, 0) is 6.42 Å². The smallest absolute Gasteiger partial charge is 0.0279 e. The van der Waals surface area contributed by atoms with E-state index in [0.717, 1.165) is 12.3 Å². The molecule has 3 N–H and O–H groups in total. The van der Waals surface area contributed by atoms with Crippen LogP contribution in [0.2, 0.25) is 0 Å². The minimum Gasteiger partial charge on any atom is -0.271 e. The fraction of sp³-hybridized carbons (Fsp3) is 0.643. The zero-order valence-corrected chi connectivity index (χ0v) is 10.4. The molecule has 0 aliphatic heterocycles. The van der Waals surface area contributed by atoms with Crippen molar-refractivity contribution in [2.45, 2.75) is 51.0 Å². The maximum absolute atomic E-state index is 5.74. The van der Waals surface area contributed by atoms with E-state index >= 15 is 0 Å². The first-order chi connectivity index (χ1) is 8.40. The average molecular weight is 233 g/mol. The quantitative estimate of drug-likeness (QED) is 0.477. The third kappa shape index (κ3) is 3.79. The number of hydrogen-bond donors (Lipinski definition) is 2. The molecule has 2 rings (SSSR count). The van der Waals surface area contributed by atoms with Crippen LogP contribution in [0.15, 0.2) is 24.5 Å². The highest BCUT2D eigenvalue weighted by Gasteiger charge is 2.21. The summed E-state index contributed by atoms with van der Waals surface area (Å²) >= 11 is 0. The molecule has 1 saturated carbocycles. The average Bonchev–Trinajstić information content (AvgIpc) is 2.66. The standard InChI is InChI=1S/C14H23N3/c15-17-14(11-12-7-9-16-10-8-12)13-5-3-1-2-4-6-13/h7-10,13-14,17H,1-6,11,15H2. The SMILES string of the molecule is NNC(Cc1ccncc1)C1CCCCCC1. The Morgan fingerprint density at radius 3 is 2.41 bits per heavy atom. The second-order valence-electron chi connectivity index (χ2n) is 5.08. The summed E-state index contributed by atoms with van der Waals surface area (Å²) in [7, 11) is 0. The normalized spacial score (nSPS) is 19.8. The van der Waals surface area contributed by atoms with Gasteiger partial charge in [-0.05, 0) is 42.9 Å². The fourth-order valence-electron chi connectivity index (χ4n) is 2.85. The zero-order chi connectivity index (χ0) is 11.9. The zero-order valence-electron chi connectivity index (χ0n) is 10.4. The summed E-state index contributed by atoms with van der Waals surface area (Å²) in [4.78, 5) is 4.05. The van der Waals surface area contributed by atoms with Crippen LogP contribution in [0.4, 0.5) is 0 Å². The predicted octanol–water partition coefficient (Wildman–Crippen LogP) is 2.43. The Morgan fingerprint density at radius 2 is 1.82 bits per heavy atom. The molecule has 0 aromatic carbocycles. The lowest BCUT2D eigenvalue weighted by molar-refractivity contribution is 0.320. The predicted molar refractivity (Wildman–Crippen MR) is 70.2 cm³/mol. The van der Waals surface area contributed by atoms with Crippen molar-refractivity contribution in [3.05, 3.63) is 30.1 Å². The molecule has 0 radical (unpaired) electrons. The van der Waals surface area contributed by atoms with Crippen molar-refractivity contribution in [2.24, 2.45) is 11.8 Å². The Hall–Kier alpha value is -0.930. The van der Waals surface area contributed by atoms with Crippen molar-refractivity contribution in [2.75, 3.05) is 0 Å². The molecular formula is C14H23N3. The fourth-order valence-corrected chi connectivity index (χ4v) is 2.85. The number of pyridine rings is 1. The van der Waals surface area contributed by atoms with Gasteiger partial charge in [0.2, 0.25) is 0 Å². The highest BCUT2D eigenvalue weighted by atomic mass is 15.2. The van der Waals surface area contributed by atoms with E-state index < -0.39 is 0 Å². The maximum atomic E-state index is 5.74. The van der Waals surface area contributed by atoms with Crippen molar-refractivity contribution in [1.82, 2.24) is 10.4 Å². The summed E-state index contributed by atoms with van der Waals surface area (Å²) < 4.78 is 0. The number of nitrogens with zero attached hydrogens (tertiary/aromatic N) is 1. The summed E-state index contributed by atoms with van der Waals surface area (Å²) in [6.45, 7) is 0. The van der Waals surface area contributed by atoms with Crippen molar-refractivity contribution in [3.8, 4) is 0 Å². The molecule has 0 spiro atoms. The molecule has 3 nitrogen and oxygen atoms in total. The summed E-state index contributed by atoms with van der Waals surface area (Å²) in [5.74, 6) is 6.47. The van der Waals surface area contributed by atoms with Crippen LogP contribution in [0.25, 0.3) is 0 Å². The van der Waals surface area contributed by atoms with E-state index in [-0.39, 0.29) is 0 Å². The van der Waals surface area contributed by atoms with Crippen LogP contribution in [-0.4, -0.2) is 11.0 Å². The lowest BCUT2D eigenvalue weighted by atomic mass is 9.88. The monoisotopic (exact) mass is 233 g/mol. The number of hydrazine groups is 1. The molecule has 1 aromatic heterocycles. The van der Waals surface area contributed by atoms with Gasteiger partial charge in [-0.1, -0.05) is 25.7 Å². The molecule has 1 heterocycles. The minimum atomic E-state index is 0.412. The van der Waals surface area contributed by atoms with Crippen molar-refractivity contribution >= 4 is 0 Å². The highest BCUT2D eigenvalue weighted by molar-refractivity contribution is 5.11. The van der Waals surface area contributed by atoms with E-state index in [0.29, 0.717) is 6.04 Å². The summed E-state index contributed by atoms with van der Waals surface area (Å²) in [5, 5.41) is 0. The van der Waals surface area contributed by atoms with Gasteiger partial charge in [-0.15, -0.1) is 0 Å². The Morgan fingerprint density at radius 1 is 1.18 bits per heavy atom. The van der Waals surface area contributed by atoms with Gasteiger partial charge >= 0.3 is 0 Å². The van der Waals surface area contributed by atoms with Crippen molar-refractivity contribution < 1.29 is 0 Å². The Labute approximate surface area is 104 Å². The van der Waals surface area contributed by atoms with Gasteiger partial charge in [0.25, 0.3) is 0 Å². The molecule has 0 bridgehead atoms. The topological polar surface area (TPSA) is 50.9 Å². The van der Waals surface area contributed by atoms with Gasteiger partial charge in [0.1, 0.15) is 0 Å². The van der Waals surface area contributed by atoms with Crippen molar-refractivity contribution in [3.63, 3.8) is 0 Å². The molecule has 1 aromatic rings. The lowest BCUT2D eigenvalue weighted by Crippen LogP contribution is -2.42. The number of hydrogen-bond acceptors (Lipinski definition) is 3. The number of nitrogens with one attached hydrogen (secondary N) is 1. The second kappa shape index (κ2) is 6.72. The van der Waals surface area contributed by atoms with Crippen LogP contribution in [0.5, 0.6) is 0 Å². The van der Waals surface area contributed by atoms with Crippen LogP contribution < -0.4 is 11.3 Å². The van der Waals surface area contributed by atoms with Gasteiger partial charge < -0.3 is 0 Å². The summed E-state index contributed by atoms with van der Waals surface area (Å²) in [5.41, 5.74) is 4.35. The van der Waals surface area contributed by atoms with E-state index in [9.17, 15) is 0 Å². The first kappa shape index (κ1) is 12.5. The molecular weight excluding hydrogens is 210 g/mol. The van der Waals surface area contributed by atoms with Gasteiger partial charge in [-0.3, -0.25) is 16.3 Å².